The number of hydrogen-bond donors (Lipinski definition) is 1. The summed E-state index contributed by atoms with van der Waals surface area (Å²) in [5.41, 5.74) is 0.493. The van der Waals surface area contributed by atoms with Crippen molar-refractivity contribution in [3.05, 3.63) is 12.4 Å². The third kappa shape index (κ3) is 2.48. The Hall–Kier alpha value is -0.990. The summed E-state index contributed by atoms with van der Waals surface area (Å²) in [5.74, 6) is 1.09. The van der Waals surface area contributed by atoms with Gasteiger partial charge in [-0.3, -0.25) is 0 Å². The lowest BCUT2D eigenvalue weighted by atomic mass is 9.75. The van der Waals surface area contributed by atoms with E-state index in [9.17, 15) is 0 Å². The van der Waals surface area contributed by atoms with Crippen LogP contribution in [0.15, 0.2) is 12.4 Å². The van der Waals surface area contributed by atoms with Crippen LogP contribution in [0.3, 0.4) is 0 Å². The third-order valence-corrected chi connectivity index (χ3v) is 4.15. The van der Waals surface area contributed by atoms with Crippen molar-refractivity contribution in [2.75, 3.05) is 5.32 Å². The van der Waals surface area contributed by atoms with Gasteiger partial charge >= 0.3 is 0 Å². The first-order valence-electron chi connectivity index (χ1n) is 6.93. The van der Waals surface area contributed by atoms with Gasteiger partial charge in [-0.1, -0.05) is 20.3 Å². The molecule has 0 saturated heterocycles. The Balaban J connectivity index is 1.67. The molecule has 1 N–H and O–H groups in total. The molecule has 2 saturated carbocycles. The van der Waals surface area contributed by atoms with Crippen LogP contribution < -0.4 is 5.32 Å². The molecule has 94 valence electrons. The van der Waals surface area contributed by atoms with Crippen LogP contribution in [-0.2, 0) is 0 Å². The minimum Gasteiger partial charge on any atom is -0.353 e. The molecule has 3 nitrogen and oxygen atoms in total. The first-order valence-corrected chi connectivity index (χ1v) is 6.93. The number of hydrogen-bond acceptors (Lipinski definition) is 2. The van der Waals surface area contributed by atoms with Crippen LogP contribution in [0.4, 0.5) is 5.95 Å². The van der Waals surface area contributed by atoms with Gasteiger partial charge in [-0.05, 0) is 37.5 Å². The standard InChI is InChI=1S/C14H23N3/c1-14(2)7-3-4-11(10-14)16-13-15-8-9-17(13)12-5-6-12/h8-9,11-12H,3-7,10H2,1-2H3,(H,15,16). The molecule has 0 aromatic carbocycles. The Morgan fingerprint density at radius 1 is 1.35 bits per heavy atom. The number of rotatable bonds is 3. The summed E-state index contributed by atoms with van der Waals surface area (Å²) < 4.78 is 2.32. The maximum Gasteiger partial charge on any atom is 0.203 e. The molecular weight excluding hydrogens is 210 g/mol. The van der Waals surface area contributed by atoms with Crippen LogP contribution in [0, 0.1) is 5.41 Å². The minimum atomic E-state index is 0.493. The fraction of sp³-hybridized carbons (Fsp3) is 0.786. The Labute approximate surface area is 104 Å². The molecule has 3 rings (SSSR count). The lowest BCUT2D eigenvalue weighted by Gasteiger charge is -2.35. The monoisotopic (exact) mass is 233 g/mol. The van der Waals surface area contributed by atoms with Crippen LogP contribution >= 0.6 is 0 Å². The average Bonchev–Trinajstić information content (AvgIpc) is 2.99. The summed E-state index contributed by atoms with van der Waals surface area (Å²) in [6, 6.07) is 1.33. The average molecular weight is 233 g/mol. The van der Waals surface area contributed by atoms with Crippen molar-refractivity contribution in [3.63, 3.8) is 0 Å². The van der Waals surface area contributed by atoms with Crippen molar-refractivity contribution in [1.82, 2.24) is 9.55 Å². The topological polar surface area (TPSA) is 29.9 Å². The molecule has 0 spiro atoms. The highest BCUT2D eigenvalue weighted by molar-refractivity contribution is 5.29. The summed E-state index contributed by atoms with van der Waals surface area (Å²) >= 11 is 0. The molecule has 17 heavy (non-hydrogen) atoms. The smallest absolute Gasteiger partial charge is 0.203 e. The molecule has 0 bridgehead atoms. The molecule has 1 atom stereocenters. The van der Waals surface area contributed by atoms with Gasteiger partial charge < -0.3 is 9.88 Å². The molecule has 1 aromatic heterocycles. The van der Waals surface area contributed by atoms with Crippen molar-refractivity contribution >= 4 is 5.95 Å². The van der Waals surface area contributed by atoms with E-state index < -0.39 is 0 Å². The molecule has 0 radical (unpaired) electrons. The summed E-state index contributed by atoms with van der Waals surface area (Å²) in [5, 5.41) is 3.66. The van der Waals surface area contributed by atoms with Crippen LogP contribution in [0.1, 0.15) is 58.4 Å². The number of aromatic nitrogens is 2. The van der Waals surface area contributed by atoms with E-state index in [1.54, 1.807) is 0 Å². The highest BCUT2D eigenvalue weighted by atomic mass is 15.2. The Bertz CT molecular complexity index is 390. The van der Waals surface area contributed by atoms with Gasteiger partial charge in [0.25, 0.3) is 0 Å². The summed E-state index contributed by atoms with van der Waals surface area (Å²) in [6.07, 6.45) is 12.0. The zero-order chi connectivity index (χ0) is 11.9. The summed E-state index contributed by atoms with van der Waals surface area (Å²) in [7, 11) is 0. The van der Waals surface area contributed by atoms with E-state index in [0.717, 1.165) is 12.0 Å². The van der Waals surface area contributed by atoms with E-state index >= 15 is 0 Å². The molecule has 2 fully saturated rings. The predicted octanol–water partition coefficient (Wildman–Crippen LogP) is 3.60. The molecule has 0 amide bonds. The van der Waals surface area contributed by atoms with Crippen LogP contribution in [0.25, 0.3) is 0 Å². The Kier molecular flexibility index (Phi) is 2.64. The fourth-order valence-electron chi connectivity index (χ4n) is 3.08. The molecule has 2 aliphatic carbocycles. The number of nitrogens with zero attached hydrogens (tertiary/aromatic N) is 2. The lowest BCUT2D eigenvalue weighted by molar-refractivity contribution is 0.229. The maximum absolute atomic E-state index is 4.47. The largest absolute Gasteiger partial charge is 0.353 e. The van der Waals surface area contributed by atoms with Gasteiger partial charge in [0.05, 0.1) is 0 Å². The number of anilines is 1. The van der Waals surface area contributed by atoms with E-state index in [2.05, 4.69) is 34.9 Å². The maximum atomic E-state index is 4.47. The van der Waals surface area contributed by atoms with Crippen molar-refractivity contribution < 1.29 is 0 Å². The molecule has 2 aliphatic rings. The van der Waals surface area contributed by atoms with Crippen molar-refractivity contribution in [2.24, 2.45) is 5.41 Å². The third-order valence-electron chi connectivity index (χ3n) is 4.15. The van der Waals surface area contributed by atoms with Crippen molar-refractivity contribution in [3.8, 4) is 0 Å². The fourth-order valence-corrected chi connectivity index (χ4v) is 3.08. The van der Waals surface area contributed by atoms with E-state index in [1.807, 2.05) is 6.20 Å². The first kappa shape index (κ1) is 11.1. The lowest BCUT2D eigenvalue weighted by Crippen LogP contribution is -2.32. The highest BCUT2D eigenvalue weighted by Crippen LogP contribution is 2.39. The second-order valence-electron chi connectivity index (χ2n) is 6.49. The quantitative estimate of drug-likeness (QED) is 0.864. The molecular formula is C14H23N3. The van der Waals surface area contributed by atoms with Crippen LogP contribution in [-0.4, -0.2) is 15.6 Å². The number of nitrogens with one attached hydrogen (secondary N) is 1. The van der Waals surface area contributed by atoms with Gasteiger partial charge in [0, 0.05) is 24.5 Å². The first-order chi connectivity index (χ1) is 8.14. The van der Waals surface area contributed by atoms with Gasteiger partial charge in [-0.2, -0.15) is 0 Å². The second kappa shape index (κ2) is 4.04. The molecule has 0 aliphatic heterocycles. The van der Waals surface area contributed by atoms with E-state index in [1.165, 1.54) is 38.5 Å². The normalized spacial score (nSPS) is 28.0. The van der Waals surface area contributed by atoms with Gasteiger partial charge in [0.1, 0.15) is 0 Å². The van der Waals surface area contributed by atoms with Gasteiger partial charge in [-0.25, -0.2) is 4.98 Å². The van der Waals surface area contributed by atoms with Gasteiger partial charge in [0.2, 0.25) is 5.95 Å². The molecule has 1 aromatic rings. The minimum absolute atomic E-state index is 0.493. The predicted molar refractivity (Wildman–Crippen MR) is 70.2 cm³/mol. The Morgan fingerprint density at radius 3 is 2.88 bits per heavy atom. The molecule has 1 heterocycles. The summed E-state index contributed by atoms with van der Waals surface area (Å²) in [4.78, 5) is 4.47. The summed E-state index contributed by atoms with van der Waals surface area (Å²) in [6.45, 7) is 4.77. The van der Waals surface area contributed by atoms with Gasteiger partial charge in [-0.15, -0.1) is 0 Å². The van der Waals surface area contributed by atoms with E-state index in [-0.39, 0.29) is 0 Å². The zero-order valence-corrected chi connectivity index (χ0v) is 10.9. The zero-order valence-electron chi connectivity index (χ0n) is 10.9. The van der Waals surface area contributed by atoms with Crippen molar-refractivity contribution in [2.45, 2.75) is 64.5 Å². The number of imidazole rings is 1. The SMILES string of the molecule is CC1(C)CCCC(Nc2nccn2C2CC2)C1. The molecule has 1 unspecified atom stereocenters. The Morgan fingerprint density at radius 2 is 2.18 bits per heavy atom. The van der Waals surface area contributed by atoms with E-state index in [4.69, 9.17) is 0 Å². The van der Waals surface area contributed by atoms with Gasteiger partial charge in [0.15, 0.2) is 0 Å². The second-order valence-corrected chi connectivity index (χ2v) is 6.49. The molecule has 3 heteroatoms. The highest BCUT2D eigenvalue weighted by Gasteiger charge is 2.30. The van der Waals surface area contributed by atoms with Crippen molar-refractivity contribution in [1.29, 1.82) is 0 Å². The van der Waals surface area contributed by atoms with E-state index in [0.29, 0.717) is 11.5 Å². The van der Waals surface area contributed by atoms with Crippen LogP contribution in [0.5, 0.6) is 0 Å². The van der Waals surface area contributed by atoms with Crippen LogP contribution in [0.2, 0.25) is 0 Å².